The summed E-state index contributed by atoms with van der Waals surface area (Å²) >= 11 is 0. The van der Waals surface area contributed by atoms with Crippen LogP contribution < -0.4 is 0 Å². The third kappa shape index (κ3) is 2.35. The van der Waals surface area contributed by atoms with Crippen molar-refractivity contribution < 1.29 is 4.74 Å². The van der Waals surface area contributed by atoms with E-state index in [1.807, 2.05) is 24.0 Å². The van der Waals surface area contributed by atoms with Gasteiger partial charge in [0.25, 0.3) is 0 Å². The van der Waals surface area contributed by atoms with Crippen LogP contribution in [0.4, 0.5) is 0 Å². The zero-order chi connectivity index (χ0) is 8.10. The molecule has 0 radical (unpaired) electrons. The molecule has 0 N–H and O–H groups in total. The highest BCUT2D eigenvalue weighted by Crippen LogP contribution is 1.97. The Morgan fingerprint density at radius 1 is 1.55 bits per heavy atom. The number of aromatic nitrogens is 2. The third-order valence-corrected chi connectivity index (χ3v) is 1.51. The van der Waals surface area contributed by atoms with E-state index in [4.69, 9.17) is 4.74 Å². The molecule has 0 amide bonds. The van der Waals surface area contributed by atoms with Gasteiger partial charge < -0.3 is 9.30 Å². The van der Waals surface area contributed by atoms with Gasteiger partial charge in [0.1, 0.15) is 0 Å². The molecule has 0 unspecified atom stereocenters. The second-order valence-corrected chi connectivity index (χ2v) is 2.33. The number of nitrogens with zero attached hydrogens (tertiary/aromatic N) is 2. The molecular weight excluding hydrogens is 140 g/mol. The minimum absolute atomic E-state index is 0.628. The average molecular weight is 154 g/mol. The first-order valence-electron chi connectivity index (χ1n) is 3.95. The molecule has 0 saturated carbocycles. The number of hydrogen-bond donors (Lipinski definition) is 0. The second kappa shape index (κ2) is 4.13. The SMILES string of the molecule is CCOCc1cn(CC)cn1. The fourth-order valence-electron chi connectivity index (χ4n) is 0.860. The summed E-state index contributed by atoms with van der Waals surface area (Å²) in [7, 11) is 0. The largest absolute Gasteiger partial charge is 0.375 e. The highest BCUT2D eigenvalue weighted by Gasteiger charge is 1.95. The molecule has 0 aliphatic heterocycles. The van der Waals surface area contributed by atoms with E-state index in [9.17, 15) is 0 Å². The second-order valence-electron chi connectivity index (χ2n) is 2.33. The maximum atomic E-state index is 5.20. The maximum absolute atomic E-state index is 5.20. The van der Waals surface area contributed by atoms with Gasteiger partial charge in [-0.1, -0.05) is 0 Å². The number of aryl methyl sites for hydroxylation is 1. The quantitative estimate of drug-likeness (QED) is 0.656. The Hall–Kier alpha value is -0.830. The monoisotopic (exact) mass is 154 g/mol. The topological polar surface area (TPSA) is 27.1 Å². The zero-order valence-corrected chi connectivity index (χ0v) is 7.08. The molecule has 0 aliphatic carbocycles. The first-order valence-corrected chi connectivity index (χ1v) is 3.95. The van der Waals surface area contributed by atoms with Gasteiger partial charge in [0.15, 0.2) is 0 Å². The molecule has 11 heavy (non-hydrogen) atoms. The van der Waals surface area contributed by atoms with Crippen molar-refractivity contribution in [1.29, 1.82) is 0 Å². The highest BCUT2D eigenvalue weighted by atomic mass is 16.5. The van der Waals surface area contributed by atoms with Gasteiger partial charge in [-0.25, -0.2) is 4.98 Å². The average Bonchev–Trinajstić information content (AvgIpc) is 2.48. The lowest BCUT2D eigenvalue weighted by atomic mass is 10.5. The van der Waals surface area contributed by atoms with Crippen LogP contribution in [0.25, 0.3) is 0 Å². The summed E-state index contributed by atoms with van der Waals surface area (Å²) in [6.45, 7) is 6.42. The first-order chi connectivity index (χ1) is 5.36. The summed E-state index contributed by atoms with van der Waals surface area (Å²) < 4.78 is 7.24. The van der Waals surface area contributed by atoms with Crippen molar-refractivity contribution in [3.05, 3.63) is 18.2 Å². The molecule has 3 nitrogen and oxygen atoms in total. The van der Waals surface area contributed by atoms with Crippen molar-refractivity contribution in [2.75, 3.05) is 6.61 Å². The van der Waals surface area contributed by atoms with Crippen LogP contribution in [-0.4, -0.2) is 16.2 Å². The molecule has 1 heterocycles. The Labute approximate surface area is 67.0 Å². The molecule has 3 heteroatoms. The van der Waals surface area contributed by atoms with Crippen LogP contribution in [0.3, 0.4) is 0 Å². The molecule has 1 rings (SSSR count). The summed E-state index contributed by atoms with van der Waals surface area (Å²) in [5.74, 6) is 0. The van der Waals surface area contributed by atoms with Crippen molar-refractivity contribution >= 4 is 0 Å². The normalized spacial score (nSPS) is 10.4. The fourth-order valence-corrected chi connectivity index (χ4v) is 0.860. The van der Waals surface area contributed by atoms with Crippen molar-refractivity contribution in [1.82, 2.24) is 9.55 Å². The Balaban J connectivity index is 2.44. The first kappa shape index (κ1) is 8.27. The predicted octanol–water partition coefficient (Wildman–Crippen LogP) is 1.44. The number of hydrogen-bond acceptors (Lipinski definition) is 2. The van der Waals surface area contributed by atoms with Gasteiger partial charge in [-0.05, 0) is 13.8 Å². The van der Waals surface area contributed by atoms with Crippen molar-refractivity contribution in [3.63, 3.8) is 0 Å². The lowest BCUT2D eigenvalue weighted by Crippen LogP contribution is -1.92. The summed E-state index contributed by atoms with van der Waals surface area (Å²) in [6, 6.07) is 0. The minimum Gasteiger partial charge on any atom is -0.375 e. The standard InChI is InChI=1S/C8H14N2O/c1-3-10-5-8(9-7-10)6-11-4-2/h5,7H,3-4,6H2,1-2H3. The molecule has 0 bridgehead atoms. The van der Waals surface area contributed by atoms with Crippen molar-refractivity contribution in [2.45, 2.75) is 27.0 Å². The lowest BCUT2D eigenvalue weighted by molar-refractivity contribution is 0.131. The van der Waals surface area contributed by atoms with E-state index >= 15 is 0 Å². The van der Waals surface area contributed by atoms with Crippen LogP contribution in [0.2, 0.25) is 0 Å². The number of ether oxygens (including phenoxy) is 1. The molecule has 0 aliphatic rings. The Morgan fingerprint density at radius 2 is 2.36 bits per heavy atom. The van der Waals surface area contributed by atoms with Crippen molar-refractivity contribution in [3.8, 4) is 0 Å². The van der Waals surface area contributed by atoms with E-state index in [2.05, 4.69) is 11.9 Å². The predicted molar refractivity (Wildman–Crippen MR) is 43.2 cm³/mol. The molecule has 0 atom stereocenters. The summed E-state index contributed by atoms with van der Waals surface area (Å²) in [5, 5.41) is 0. The van der Waals surface area contributed by atoms with Crippen LogP contribution in [0.15, 0.2) is 12.5 Å². The van der Waals surface area contributed by atoms with E-state index in [-0.39, 0.29) is 0 Å². The van der Waals surface area contributed by atoms with Gasteiger partial charge in [0, 0.05) is 19.3 Å². The van der Waals surface area contributed by atoms with Crippen LogP contribution in [0, 0.1) is 0 Å². The minimum atomic E-state index is 0.628. The Kier molecular flexibility index (Phi) is 3.11. The van der Waals surface area contributed by atoms with E-state index < -0.39 is 0 Å². The molecule has 0 spiro atoms. The Bertz CT molecular complexity index is 208. The smallest absolute Gasteiger partial charge is 0.0950 e. The van der Waals surface area contributed by atoms with Crippen LogP contribution in [0.1, 0.15) is 19.5 Å². The van der Waals surface area contributed by atoms with Crippen molar-refractivity contribution in [2.24, 2.45) is 0 Å². The van der Waals surface area contributed by atoms with Crippen LogP contribution in [-0.2, 0) is 17.9 Å². The molecule has 62 valence electrons. The highest BCUT2D eigenvalue weighted by molar-refractivity contribution is 4.94. The Morgan fingerprint density at radius 3 is 2.91 bits per heavy atom. The lowest BCUT2D eigenvalue weighted by Gasteiger charge is -1.95. The van der Waals surface area contributed by atoms with Gasteiger partial charge in [0.05, 0.1) is 18.6 Å². The third-order valence-electron chi connectivity index (χ3n) is 1.51. The summed E-state index contributed by atoms with van der Waals surface area (Å²) in [6.07, 6.45) is 3.84. The van der Waals surface area contributed by atoms with Gasteiger partial charge in [0.2, 0.25) is 0 Å². The van der Waals surface area contributed by atoms with E-state index in [0.29, 0.717) is 6.61 Å². The van der Waals surface area contributed by atoms with E-state index in [1.54, 1.807) is 0 Å². The molecular formula is C8H14N2O. The van der Waals surface area contributed by atoms with Crippen LogP contribution >= 0.6 is 0 Å². The van der Waals surface area contributed by atoms with E-state index in [0.717, 1.165) is 18.8 Å². The van der Waals surface area contributed by atoms with Gasteiger partial charge in [-0.2, -0.15) is 0 Å². The molecule has 0 fully saturated rings. The van der Waals surface area contributed by atoms with Gasteiger partial charge in [-0.15, -0.1) is 0 Å². The van der Waals surface area contributed by atoms with E-state index in [1.165, 1.54) is 0 Å². The maximum Gasteiger partial charge on any atom is 0.0950 e. The van der Waals surface area contributed by atoms with Gasteiger partial charge in [-0.3, -0.25) is 0 Å². The number of rotatable bonds is 4. The molecule has 0 aromatic carbocycles. The molecule has 1 aromatic heterocycles. The summed E-state index contributed by atoms with van der Waals surface area (Å²) in [5.41, 5.74) is 1.01. The summed E-state index contributed by atoms with van der Waals surface area (Å²) in [4.78, 5) is 4.16. The number of imidazole rings is 1. The molecule has 0 saturated heterocycles. The molecule has 1 aromatic rings. The van der Waals surface area contributed by atoms with Gasteiger partial charge >= 0.3 is 0 Å². The van der Waals surface area contributed by atoms with Crippen LogP contribution in [0.5, 0.6) is 0 Å². The fraction of sp³-hybridized carbons (Fsp3) is 0.625. The zero-order valence-electron chi connectivity index (χ0n) is 7.08.